The van der Waals surface area contributed by atoms with E-state index >= 15 is 0 Å². The third kappa shape index (κ3) is 3.71. The lowest BCUT2D eigenvalue weighted by Gasteiger charge is -2.24. The molecule has 0 bridgehead atoms. The van der Waals surface area contributed by atoms with Gasteiger partial charge in [-0.25, -0.2) is 0 Å². The van der Waals surface area contributed by atoms with E-state index in [0.29, 0.717) is 24.8 Å². The highest BCUT2D eigenvalue weighted by Crippen LogP contribution is 2.32. The molecule has 0 saturated heterocycles. The maximum atomic E-state index is 12.2. The van der Waals surface area contributed by atoms with E-state index in [1.54, 1.807) is 0 Å². The SMILES string of the molecule is CC1CCCCCC1NC(=O)C1CCC(C(=O)O)C1. The van der Waals surface area contributed by atoms with E-state index in [0.717, 1.165) is 12.8 Å². The Labute approximate surface area is 115 Å². The highest BCUT2D eigenvalue weighted by atomic mass is 16.4. The number of carboxylic acid groups (broad SMARTS) is 1. The van der Waals surface area contributed by atoms with Crippen LogP contribution in [0.15, 0.2) is 0 Å². The van der Waals surface area contributed by atoms with Gasteiger partial charge in [0.1, 0.15) is 0 Å². The molecular formula is C15H25NO3. The van der Waals surface area contributed by atoms with Gasteiger partial charge < -0.3 is 10.4 Å². The third-order valence-corrected chi connectivity index (χ3v) is 4.84. The van der Waals surface area contributed by atoms with Crippen molar-refractivity contribution < 1.29 is 14.7 Å². The van der Waals surface area contributed by atoms with Gasteiger partial charge in [0, 0.05) is 12.0 Å². The molecule has 2 rings (SSSR count). The number of nitrogens with one attached hydrogen (secondary N) is 1. The lowest BCUT2D eigenvalue weighted by Crippen LogP contribution is -2.41. The molecule has 4 atom stereocenters. The monoisotopic (exact) mass is 267 g/mol. The van der Waals surface area contributed by atoms with E-state index in [-0.39, 0.29) is 17.7 Å². The first kappa shape index (κ1) is 14.4. The standard InChI is InChI=1S/C15H25NO3/c1-10-5-3-2-4-6-13(10)16-14(17)11-7-8-12(9-11)15(18)19/h10-13H,2-9H2,1H3,(H,16,17)(H,18,19). The van der Waals surface area contributed by atoms with E-state index in [2.05, 4.69) is 12.2 Å². The summed E-state index contributed by atoms with van der Waals surface area (Å²) in [6, 6.07) is 0.291. The average Bonchev–Trinajstić information content (AvgIpc) is 2.78. The van der Waals surface area contributed by atoms with Crippen molar-refractivity contribution in [3.05, 3.63) is 0 Å². The number of hydrogen-bond donors (Lipinski definition) is 2. The number of carbonyl (C=O) groups excluding carboxylic acids is 1. The summed E-state index contributed by atoms with van der Waals surface area (Å²) in [7, 11) is 0. The molecule has 0 spiro atoms. The predicted molar refractivity (Wildman–Crippen MR) is 72.6 cm³/mol. The first-order valence-corrected chi connectivity index (χ1v) is 7.61. The summed E-state index contributed by atoms with van der Waals surface area (Å²) in [6.07, 6.45) is 7.87. The van der Waals surface area contributed by atoms with Crippen LogP contribution in [0.4, 0.5) is 0 Å². The number of carboxylic acids is 1. The number of carbonyl (C=O) groups is 2. The van der Waals surface area contributed by atoms with Crippen molar-refractivity contribution in [1.29, 1.82) is 0 Å². The highest BCUT2D eigenvalue weighted by molar-refractivity contribution is 5.81. The minimum Gasteiger partial charge on any atom is -0.481 e. The minimum absolute atomic E-state index is 0.0856. The largest absolute Gasteiger partial charge is 0.481 e. The molecular weight excluding hydrogens is 242 g/mol. The van der Waals surface area contributed by atoms with Crippen molar-refractivity contribution in [1.82, 2.24) is 5.32 Å². The fourth-order valence-electron chi connectivity index (χ4n) is 3.45. The van der Waals surface area contributed by atoms with Gasteiger partial charge in [-0.15, -0.1) is 0 Å². The van der Waals surface area contributed by atoms with Crippen molar-refractivity contribution in [3.63, 3.8) is 0 Å². The van der Waals surface area contributed by atoms with Crippen molar-refractivity contribution in [2.24, 2.45) is 17.8 Å². The molecule has 0 radical (unpaired) electrons. The zero-order valence-electron chi connectivity index (χ0n) is 11.7. The Morgan fingerprint density at radius 2 is 1.68 bits per heavy atom. The van der Waals surface area contributed by atoms with Crippen LogP contribution in [-0.2, 0) is 9.59 Å². The molecule has 0 aliphatic heterocycles. The van der Waals surface area contributed by atoms with Gasteiger partial charge in [0.05, 0.1) is 5.92 Å². The van der Waals surface area contributed by atoms with Crippen LogP contribution in [0.25, 0.3) is 0 Å². The normalized spacial score (nSPS) is 35.6. The Morgan fingerprint density at radius 1 is 1.00 bits per heavy atom. The Hall–Kier alpha value is -1.06. The fourth-order valence-corrected chi connectivity index (χ4v) is 3.45. The van der Waals surface area contributed by atoms with Crippen LogP contribution in [-0.4, -0.2) is 23.0 Å². The molecule has 0 heterocycles. The zero-order valence-corrected chi connectivity index (χ0v) is 11.7. The number of aliphatic carboxylic acids is 1. The van der Waals surface area contributed by atoms with E-state index in [1.807, 2.05) is 0 Å². The lowest BCUT2D eigenvalue weighted by molar-refractivity contribution is -0.141. The molecule has 19 heavy (non-hydrogen) atoms. The topological polar surface area (TPSA) is 66.4 Å². The van der Waals surface area contributed by atoms with Crippen LogP contribution in [0.5, 0.6) is 0 Å². The fraction of sp³-hybridized carbons (Fsp3) is 0.867. The molecule has 0 aromatic carbocycles. The number of rotatable bonds is 3. The van der Waals surface area contributed by atoms with Gasteiger partial charge >= 0.3 is 5.97 Å². The molecule has 4 nitrogen and oxygen atoms in total. The second kappa shape index (κ2) is 6.40. The Bertz CT molecular complexity index is 342. The molecule has 108 valence electrons. The lowest BCUT2D eigenvalue weighted by atomic mass is 9.95. The van der Waals surface area contributed by atoms with Gasteiger partial charge in [-0.2, -0.15) is 0 Å². The Morgan fingerprint density at radius 3 is 2.37 bits per heavy atom. The summed E-state index contributed by atoms with van der Waals surface area (Å²) in [5.74, 6) is -0.525. The highest BCUT2D eigenvalue weighted by Gasteiger charge is 2.35. The molecule has 2 fully saturated rings. The van der Waals surface area contributed by atoms with Crippen LogP contribution in [0.2, 0.25) is 0 Å². The smallest absolute Gasteiger partial charge is 0.306 e. The maximum absolute atomic E-state index is 12.2. The molecule has 0 aromatic rings. The summed E-state index contributed by atoms with van der Waals surface area (Å²) in [4.78, 5) is 23.2. The van der Waals surface area contributed by atoms with Crippen molar-refractivity contribution in [2.45, 2.75) is 64.3 Å². The van der Waals surface area contributed by atoms with E-state index in [4.69, 9.17) is 5.11 Å². The van der Waals surface area contributed by atoms with Crippen LogP contribution in [0, 0.1) is 17.8 Å². The van der Waals surface area contributed by atoms with E-state index < -0.39 is 5.97 Å². The minimum atomic E-state index is -0.752. The molecule has 4 heteroatoms. The Balaban J connectivity index is 1.85. The van der Waals surface area contributed by atoms with Crippen LogP contribution >= 0.6 is 0 Å². The van der Waals surface area contributed by atoms with Gasteiger partial charge in [-0.05, 0) is 38.0 Å². The van der Waals surface area contributed by atoms with Crippen LogP contribution in [0.1, 0.15) is 58.3 Å². The predicted octanol–water partition coefficient (Wildman–Crippen LogP) is 2.57. The van der Waals surface area contributed by atoms with E-state index in [9.17, 15) is 9.59 Å². The molecule has 0 aromatic heterocycles. The first-order valence-electron chi connectivity index (χ1n) is 7.61. The van der Waals surface area contributed by atoms with Gasteiger partial charge in [0.25, 0.3) is 0 Å². The van der Waals surface area contributed by atoms with E-state index in [1.165, 1.54) is 25.7 Å². The van der Waals surface area contributed by atoms with Gasteiger partial charge in [0.15, 0.2) is 0 Å². The summed E-state index contributed by atoms with van der Waals surface area (Å²) in [5, 5.41) is 12.2. The molecule has 2 saturated carbocycles. The summed E-state index contributed by atoms with van der Waals surface area (Å²) >= 11 is 0. The first-order chi connectivity index (χ1) is 9.08. The molecule has 2 aliphatic rings. The van der Waals surface area contributed by atoms with Crippen LogP contribution in [0.3, 0.4) is 0 Å². The van der Waals surface area contributed by atoms with Gasteiger partial charge in [-0.1, -0.05) is 26.2 Å². The van der Waals surface area contributed by atoms with Gasteiger partial charge in [-0.3, -0.25) is 9.59 Å². The summed E-state index contributed by atoms with van der Waals surface area (Å²) in [5.41, 5.74) is 0. The van der Waals surface area contributed by atoms with Crippen molar-refractivity contribution in [3.8, 4) is 0 Å². The Kier molecular flexibility index (Phi) is 4.83. The second-order valence-corrected chi connectivity index (χ2v) is 6.28. The van der Waals surface area contributed by atoms with Crippen molar-refractivity contribution >= 4 is 11.9 Å². The quantitative estimate of drug-likeness (QED) is 0.772. The summed E-state index contributed by atoms with van der Waals surface area (Å²) in [6.45, 7) is 2.21. The maximum Gasteiger partial charge on any atom is 0.306 e. The van der Waals surface area contributed by atoms with Crippen molar-refractivity contribution in [2.75, 3.05) is 0 Å². The molecule has 2 N–H and O–H groups in total. The van der Waals surface area contributed by atoms with Crippen LogP contribution < -0.4 is 5.32 Å². The molecule has 2 aliphatic carbocycles. The second-order valence-electron chi connectivity index (χ2n) is 6.28. The number of hydrogen-bond acceptors (Lipinski definition) is 2. The number of amides is 1. The van der Waals surface area contributed by atoms with Gasteiger partial charge in [0.2, 0.25) is 5.91 Å². The zero-order chi connectivity index (χ0) is 13.8. The molecule has 1 amide bonds. The summed E-state index contributed by atoms with van der Waals surface area (Å²) < 4.78 is 0. The molecule has 4 unspecified atom stereocenters. The third-order valence-electron chi connectivity index (χ3n) is 4.84. The average molecular weight is 267 g/mol.